The lowest BCUT2D eigenvalue weighted by molar-refractivity contribution is 0.164. The molecule has 0 atom stereocenters. The normalized spacial score (nSPS) is 25.4. The summed E-state index contributed by atoms with van der Waals surface area (Å²) in [6, 6.07) is 0.853. The van der Waals surface area contributed by atoms with E-state index in [0.717, 1.165) is 18.5 Å². The molecule has 1 aliphatic rings. The molecule has 0 aromatic heterocycles. The van der Waals surface area contributed by atoms with E-state index in [2.05, 4.69) is 31.1 Å². The lowest BCUT2D eigenvalue weighted by atomic mass is 9.84. The first-order valence-electron chi connectivity index (χ1n) is 7.68. The van der Waals surface area contributed by atoms with E-state index >= 15 is 0 Å². The summed E-state index contributed by atoms with van der Waals surface area (Å²) in [7, 11) is 2.30. The van der Waals surface area contributed by atoms with E-state index in [0.29, 0.717) is 0 Å². The minimum absolute atomic E-state index is 0.853. The molecule has 1 rings (SSSR count). The predicted octanol–water partition coefficient (Wildman–Crippen LogP) is 3.28. The van der Waals surface area contributed by atoms with Crippen molar-refractivity contribution in [2.75, 3.05) is 26.7 Å². The third-order valence-electron chi connectivity index (χ3n) is 4.37. The second-order valence-corrected chi connectivity index (χ2v) is 5.67. The fourth-order valence-electron chi connectivity index (χ4n) is 2.86. The van der Waals surface area contributed by atoms with Gasteiger partial charge in [0.25, 0.3) is 0 Å². The molecule has 0 aromatic rings. The zero-order valence-corrected chi connectivity index (χ0v) is 12.2. The molecule has 1 N–H and O–H groups in total. The van der Waals surface area contributed by atoms with Crippen molar-refractivity contribution in [2.45, 2.75) is 64.8 Å². The van der Waals surface area contributed by atoms with Gasteiger partial charge >= 0.3 is 0 Å². The molecule has 1 fully saturated rings. The van der Waals surface area contributed by atoms with Crippen LogP contribution in [0.3, 0.4) is 0 Å². The number of nitrogens with one attached hydrogen (secondary N) is 1. The van der Waals surface area contributed by atoms with E-state index in [9.17, 15) is 0 Å². The van der Waals surface area contributed by atoms with E-state index in [1.54, 1.807) is 0 Å². The van der Waals surface area contributed by atoms with Crippen LogP contribution in [0, 0.1) is 5.92 Å². The van der Waals surface area contributed by atoms with Crippen LogP contribution in [0.25, 0.3) is 0 Å². The summed E-state index contributed by atoms with van der Waals surface area (Å²) in [5.74, 6) is 1.02. The molecule has 17 heavy (non-hydrogen) atoms. The molecule has 2 heteroatoms. The SMILES string of the molecule is CCCCNCCN(C)C1CCC(CC)CC1. The minimum atomic E-state index is 0.853. The maximum Gasteiger partial charge on any atom is 0.0107 e. The number of rotatable bonds is 8. The molecule has 102 valence electrons. The van der Waals surface area contributed by atoms with Crippen LogP contribution < -0.4 is 5.32 Å². The Labute approximate surface area is 108 Å². The first-order chi connectivity index (χ1) is 8.27. The summed E-state index contributed by atoms with van der Waals surface area (Å²) in [5.41, 5.74) is 0. The molecule has 0 bridgehead atoms. The van der Waals surface area contributed by atoms with Crippen LogP contribution in [-0.4, -0.2) is 37.6 Å². The van der Waals surface area contributed by atoms with Crippen LogP contribution >= 0.6 is 0 Å². The Morgan fingerprint density at radius 2 is 1.76 bits per heavy atom. The standard InChI is InChI=1S/C15H32N2/c1-4-6-11-16-12-13-17(3)15-9-7-14(5-2)8-10-15/h14-16H,4-13H2,1-3H3. The topological polar surface area (TPSA) is 15.3 Å². The third-order valence-corrected chi connectivity index (χ3v) is 4.37. The highest BCUT2D eigenvalue weighted by Crippen LogP contribution is 2.28. The molecular formula is C15H32N2. The van der Waals surface area contributed by atoms with Gasteiger partial charge in [0.1, 0.15) is 0 Å². The summed E-state index contributed by atoms with van der Waals surface area (Å²) < 4.78 is 0. The lowest BCUT2D eigenvalue weighted by Crippen LogP contribution is -2.39. The summed E-state index contributed by atoms with van der Waals surface area (Å²) in [4.78, 5) is 2.57. The molecule has 1 saturated carbocycles. The highest BCUT2D eigenvalue weighted by molar-refractivity contribution is 4.77. The van der Waals surface area contributed by atoms with Gasteiger partial charge in [0.15, 0.2) is 0 Å². The van der Waals surface area contributed by atoms with E-state index in [1.807, 2.05) is 0 Å². The molecule has 0 aromatic carbocycles. The van der Waals surface area contributed by atoms with Crippen molar-refractivity contribution in [2.24, 2.45) is 5.92 Å². The van der Waals surface area contributed by atoms with Gasteiger partial charge in [-0.3, -0.25) is 0 Å². The van der Waals surface area contributed by atoms with E-state index in [4.69, 9.17) is 0 Å². The van der Waals surface area contributed by atoms with Crippen LogP contribution in [0.15, 0.2) is 0 Å². The number of hydrogen-bond donors (Lipinski definition) is 1. The van der Waals surface area contributed by atoms with Gasteiger partial charge in [0, 0.05) is 19.1 Å². The van der Waals surface area contributed by atoms with Gasteiger partial charge in [-0.1, -0.05) is 26.7 Å². The van der Waals surface area contributed by atoms with Crippen LogP contribution in [0.2, 0.25) is 0 Å². The molecule has 0 spiro atoms. The molecule has 0 radical (unpaired) electrons. The maximum atomic E-state index is 3.53. The number of nitrogens with zero attached hydrogens (tertiary/aromatic N) is 1. The summed E-state index contributed by atoms with van der Waals surface area (Å²) in [6.07, 6.45) is 9.74. The molecule has 0 saturated heterocycles. The summed E-state index contributed by atoms with van der Waals surface area (Å²) >= 11 is 0. The Bertz CT molecular complexity index is 174. The second kappa shape index (κ2) is 8.93. The number of unbranched alkanes of at least 4 members (excludes halogenated alkanes) is 1. The smallest absolute Gasteiger partial charge is 0.0107 e. The van der Waals surface area contributed by atoms with Crippen molar-refractivity contribution in [3.8, 4) is 0 Å². The fourth-order valence-corrected chi connectivity index (χ4v) is 2.86. The monoisotopic (exact) mass is 240 g/mol. The van der Waals surface area contributed by atoms with Gasteiger partial charge < -0.3 is 10.2 Å². The minimum Gasteiger partial charge on any atom is -0.315 e. The first kappa shape index (κ1) is 15.0. The van der Waals surface area contributed by atoms with Crippen molar-refractivity contribution in [3.63, 3.8) is 0 Å². The van der Waals surface area contributed by atoms with Crippen LogP contribution in [0.4, 0.5) is 0 Å². The van der Waals surface area contributed by atoms with Crippen molar-refractivity contribution in [1.29, 1.82) is 0 Å². The predicted molar refractivity (Wildman–Crippen MR) is 76.4 cm³/mol. The molecule has 1 aliphatic carbocycles. The zero-order chi connectivity index (χ0) is 12.5. The lowest BCUT2D eigenvalue weighted by Gasteiger charge is -2.34. The Morgan fingerprint density at radius 1 is 1.06 bits per heavy atom. The Kier molecular flexibility index (Phi) is 7.87. The van der Waals surface area contributed by atoms with E-state index < -0.39 is 0 Å². The first-order valence-corrected chi connectivity index (χ1v) is 7.68. The van der Waals surface area contributed by atoms with Gasteiger partial charge in [-0.15, -0.1) is 0 Å². The Balaban J connectivity index is 2.05. The fraction of sp³-hybridized carbons (Fsp3) is 1.00. The quantitative estimate of drug-likeness (QED) is 0.655. The van der Waals surface area contributed by atoms with Gasteiger partial charge in [-0.05, 0) is 51.6 Å². The molecule has 0 amide bonds. The molecule has 0 aliphatic heterocycles. The van der Waals surface area contributed by atoms with Crippen molar-refractivity contribution in [1.82, 2.24) is 10.2 Å². The Morgan fingerprint density at radius 3 is 2.35 bits per heavy atom. The maximum absolute atomic E-state index is 3.53. The average molecular weight is 240 g/mol. The van der Waals surface area contributed by atoms with Crippen molar-refractivity contribution < 1.29 is 0 Å². The van der Waals surface area contributed by atoms with Crippen LogP contribution in [0.5, 0.6) is 0 Å². The highest BCUT2D eigenvalue weighted by Gasteiger charge is 2.22. The summed E-state index contributed by atoms with van der Waals surface area (Å²) in [5, 5.41) is 3.53. The van der Waals surface area contributed by atoms with Gasteiger partial charge in [-0.25, -0.2) is 0 Å². The van der Waals surface area contributed by atoms with E-state index in [-0.39, 0.29) is 0 Å². The zero-order valence-electron chi connectivity index (χ0n) is 12.2. The Hall–Kier alpha value is -0.0800. The number of hydrogen-bond acceptors (Lipinski definition) is 2. The van der Waals surface area contributed by atoms with Crippen molar-refractivity contribution in [3.05, 3.63) is 0 Å². The number of likely N-dealkylation sites (N-methyl/N-ethyl adjacent to an activating group) is 1. The van der Waals surface area contributed by atoms with E-state index in [1.165, 1.54) is 58.0 Å². The average Bonchev–Trinajstić information content (AvgIpc) is 2.38. The van der Waals surface area contributed by atoms with Gasteiger partial charge in [0.2, 0.25) is 0 Å². The van der Waals surface area contributed by atoms with Crippen LogP contribution in [0.1, 0.15) is 58.8 Å². The van der Waals surface area contributed by atoms with Crippen LogP contribution in [-0.2, 0) is 0 Å². The molecular weight excluding hydrogens is 208 g/mol. The van der Waals surface area contributed by atoms with Crippen molar-refractivity contribution >= 4 is 0 Å². The van der Waals surface area contributed by atoms with Gasteiger partial charge in [0.05, 0.1) is 0 Å². The third kappa shape index (κ3) is 5.87. The van der Waals surface area contributed by atoms with Gasteiger partial charge in [-0.2, -0.15) is 0 Å². The molecule has 2 nitrogen and oxygen atoms in total. The molecule has 0 unspecified atom stereocenters. The summed E-state index contributed by atoms with van der Waals surface area (Å²) in [6.45, 7) is 8.15. The highest BCUT2D eigenvalue weighted by atomic mass is 15.1. The second-order valence-electron chi connectivity index (χ2n) is 5.67. The largest absolute Gasteiger partial charge is 0.315 e. The molecule has 0 heterocycles.